The first-order valence-corrected chi connectivity index (χ1v) is 18.3. The summed E-state index contributed by atoms with van der Waals surface area (Å²) in [5.74, 6) is -2.02. The van der Waals surface area contributed by atoms with Gasteiger partial charge in [0.05, 0.1) is 36.5 Å². The molecule has 2 aromatic rings. The van der Waals surface area contributed by atoms with Gasteiger partial charge >= 0.3 is 0 Å². The molecule has 0 unspecified atom stereocenters. The molecule has 2 aliphatic heterocycles. The van der Waals surface area contributed by atoms with Crippen LogP contribution in [0, 0.1) is 23.6 Å². The zero-order valence-corrected chi connectivity index (χ0v) is 29.5. The average molecular weight is 722 g/mol. The van der Waals surface area contributed by atoms with Crippen molar-refractivity contribution in [2.45, 2.75) is 94.2 Å². The first-order chi connectivity index (χ1) is 22.9. The molecule has 7 atom stereocenters. The minimum absolute atomic E-state index is 0. The summed E-state index contributed by atoms with van der Waals surface area (Å²) in [4.78, 5) is 47.6. The van der Waals surface area contributed by atoms with Gasteiger partial charge in [-0.25, -0.2) is 17.8 Å². The number of carbonyl (C=O) groups is 3. The fraction of sp³-hybridized carbons (Fsp3) is 0.588. The van der Waals surface area contributed by atoms with Crippen LogP contribution in [-0.4, -0.2) is 78.7 Å². The predicted molar refractivity (Wildman–Crippen MR) is 183 cm³/mol. The molecule has 0 radical (unpaired) electrons. The zero-order chi connectivity index (χ0) is 34.4. The van der Waals surface area contributed by atoms with E-state index >= 15 is 0 Å². The number of benzene rings is 1. The van der Waals surface area contributed by atoms with Crippen LogP contribution in [0.5, 0.6) is 11.6 Å². The molecular weight excluding hydrogens is 677 g/mol. The van der Waals surface area contributed by atoms with Crippen molar-refractivity contribution in [2.75, 3.05) is 13.7 Å². The van der Waals surface area contributed by atoms with Crippen molar-refractivity contribution in [1.82, 2.24) is 19.9 Å². The number of hydrogen-bond acceptors (Lipinski definition) is 9. The number of carbonyl (C=O) groups excluding carboxylic acids is 3. The Morgan fingerprint density at radius 3 is 2.65 bits per heavy atom. The fourth-order valence-electron chi connectivity index (χ4n) is 7.16. The first kappa shape index (κ1) is 36.8. The molecule has 0 spiro atoms. The molecule has 4 N–H and O–H groups in total. The van der Waals surface area contributed by atoms with Crippen LogP contribution in [0.25, 0.3) is 10.8 Å². The summed E-state index contributed by atoms with van der Waals surface area (Å²) in [6, 6.07) is 2.21. The van der Waals surface area contributed by atoms with Gasteiger partial charge in [-0.3, -0.25) is 19.1 Å². The average Bonchev–Trinajstić information content (AvgIpc) is 3.98. The molecule has 1 aromatic carbocycles. The fourth-order valence-corrected chi connectivity index (χ4v) is 8.52. The number of hydrogen-bond donors (Lipinski definition) is 3. The second-order valence-corrected chi connectivity index (χ2v) is 15.8. The number of amides is 3. The minimum atomic E-state index is -3.87. The van der Waals surface area contributed by atoms with Gasteiger partial charge in [0.25, 0.3) is 5.91 Å². The van der Waals surface area contributed by atoms with Gasteiger partial charge in [0.2, 0.25) is 27.7 Å². The topological polar surface area (TPSA) is 170 Å². The van der Waals surface area contributed by atoms with E-state index in [1.807, 2.05) is 19.1 Å². The standard InChI is InChI=1S/C34H44FN5O7S.ClH/c1-4-20-13-19(2)7-5-6-8-21-16-34(21,33(43)39-48(44,45)24-10-11-24)38-30(41)27-15-23(18-40(27)32(42)29(20)36)47-31-26-14-22(35)9-12-25(26)28(46-3)17-37-31;/h6,8-9,12,14,17,19-21,23-24,27,29H,4-5,7,10-11,13,15-16,18,36H2,1-3H3,(H,38,41)(H,39,43);1H/t19-,20-,21-,23-,27+,29+,34-;/m1./s1. The van der Waals surface area contributed by atoms with Crippen LogP contribution in [0.3, 0.4) is 0 Å². The largest absolute Gasteiger partial charge is 0.494 e. The molecule has 1 aromatic heterocycles. The Hall–Kier alpha value is -3.49. The molecule has 3 heterocycles. The van der Waals surface area contributed by atoms with Gasteiger partial charge in [-0.15, -0.1) is 12.4 Å². The van der Waals surface area contributed by atoms with E-state index in [1.165, 1.54) is 30.3 Å². The lowest BCUT2D eigenvalue weighted by atomic mass is 9.85. The molecule has 1 saturated heterocycles. The Balaban J connectivity index is 0.00000468. The second kappa shape index (κ2) is 14.4. The number of allylic oxidation sites excluding steroid dienone is 1. The maximum Gasteiger partial charge on any atom is 0.259 e. The third-order valence-electron chi connectivity index (χ3n) is 10.3. The molecule has 0 bridgehead atoms. The van der Waals surface area contributed by atoms with Crippen LogP contribution < -0.4 is 25.2 Å². The Morgan fingerprint density at radius 1 is 1.20 bits per heavy atom. The van der Waals surface area contributed by atoms with E-state index in [-0.39, 0.29) is 49.5 Å². The van der Waals surface area contributed by atoms with Crippen LogP contribution in [0.4, 0.5) is 4.39 Å². The smallest absolute Gasteiger partial charge is 0.259 e. The number of sulfonamides is 1. The highest BCUT2D eigenvalue weighted by Gasteiger charge is 2.62. The van der Waals surface area contributed by atoms with Gasteiger partial charge in [0.15, 0.2) is 0 Å². The molecule has 3 amide bonds. The quantitative estimate of drug-likeness (QED) is 0.363. The first-order valence-electron chi connectivity index (χ1n) is 16.8. The van der Waals surface area contributed by atoms with Crippen LogP contribution in [0.15, 0.2) is 36.5 Å². The number of nitrogens with one attached hydrogen (secondary N) is 2. The summed E-state index contributed by atoms with van der Waals surface area (Å²) in [5, 5.41) is 3.19. The van der Waals surface area contributed by atoms with Crippen LogP contribution in [-0.2, 0) is 24.4 Å². The third-order valence-corrected chi connectivity index (χ3v) is 12.1. The van der Waals surface area contributed by atoms with Crippen molar-refractivity contribution in [3.8, 4) is 11.6 Å². The molecule has 15 heteroatoms. The molecule has 2 aliphatic carbocycles. The number of ether oxygens (including phenoxy) is 2. The molecule has 6 rings (SSSR count). The van der Waals surface area contributed by atoms with Gasteiger partial charge in [-0.2, -0.15) is 0 Å². The highest BCUT2D eigenvalue weighted by molar-refractivity contribution is 7.91. The van der Waals surface area contributed by atoms with Crippen molar-refractivity contribution in [1.29, 1.82) is 0 Å². The summed E-state index contributed by atoms with van der Waals surface area (Å²) in [6.07, 6.45) is 8.79. The van der Waals surface area contributed by atoms with Crippen molar-refractivity contribution >= 4 is 50.9 Å². The Labute approximate surface area is 292 Å². The van der Waals surface area contributed by atoms with E-state index in [2.05, 4.69) is 21.9 Å². The van der Waals surface area contributed by atoms with E-state index in [4.69, 9.17) is 15.2 Å². The Kier molecular flexibility index (Phi) is 10.8. The monoisotopic (exact) mass is 721 g/mol. The van der Waals surface area contributed by atoms with Crippen molar-refractivity contribution < 1.29 is 36.7 Å². The molecule has 49 heavy (non-hydrogen) atoms. The maximum absolute atomic E-state index is 14.3. The van der Waals surface area contributed by atoms with Crippen LogP contribution in [0.2, 0.25) is 0 Å². The predicted octanol–water partition coefficient (Wildman–Crippen LogP) is 3.37. The van der Waals surface area contributed by atoms with Gasteiger partial charge in [-0.05, 0) is 68.6 Å². The van der Waals surface area contributed by atoms with Crippen LogP contribution in [0.1, 0.15) is 65.2 Å². The highest BCUT2D eigenvalue weighted by Crippen LogP contribution is 2.46. The normalized spacial score (nSPS) is 30.6. The van der Waals surface area contributed by atoms with E-state index in [9.17, 15) is 27.2 Å². The number of rotatable bonds is 7. The molecule has 268 valence electrons. The maximum atomic E-state index is 14.3. The highest BCUT2D eigenvalue weighted by atomic mass is 35.5. The van der Waals surface area contributed by atoms with Crippen molar-refractivity contribution in [3.05, 3.63) is 42.4 Å². The van der Waals surface area contributed by atoms with Crippen molar-refractivity contribution in [2.24, 2.45) is 23.5 Å². The lowest BCUT2D eigenvalue weighted by Gasteiger charge is -2.31. The number of nitrogens with zero attached hydrogens (tertiary/aromatic N) is 2. The third kappa shape index (κ3) is 7.51. The van der Waals surface area contributed by atoms with Crippen LogP contribution >= 0.6 is 12.4 Å². The lowest BCUT2D eigenvalue weighted by molar-refractivity contribution is -0.141. The van der Waals surface area contributed by atoms with E-state index < -0.39 is 68.5 Å². The molecule has 2 saturated carbocycles. The number of methoxy groups -OCH3 is 1. The molecule has 12 nitrogen and oxygen atoms in total. The summed E-state index contributed by atoms with van der Waals surface area (Å²) in [5.41, 5.74) is 5.16. The van der Waals surface area contributed by atoms with E-state index in [0.717, 1.165) is 19.3 Å². The van der Waals surface area contributed by atoms with Gasteiger partial charge in [0.1, 0.15) is 29.3 Å². The summed E-state index contributed by atoms with van der Waals surface area (Å²) in [7, 11) is -2.39. The summed E-state index contributed by atoms with van der Waals surface area (Å²) < 4.78 is 53.7. The molecule has 4 aliphatic rings. The zero-order valence-electron chi connectivity index (χ0n) is 27.9. The minimum Gasteiger partial charge on any atom is -0.494 e. The number of halogens is 2. The number of nitrogens with two attached hydrogens (primary N) is 1. The van der Waals surface area contributed by atoms with E-state index in [1.54, 1.807) is 6.07 Å². The lowest BCUT2D eigenvalue weighted by Crippen LogP contribution is -2.58. The van der Waals surface area contributed by atoms with Gasteiger partial charge < -0.3 is 25.4 Å². The van der Waals surface area contributed by atoms with Crippen molar-refractivity contribution in [3.63, 3.8) is 0 Å². The number of fused-ring (bicyclic) bond motifs is 3. The second-order valence-electron chi connectivity index (χ2n) is 13.8. The number of aromatic nitrogens is 1. The SMILES string of the molecule is CC[C@@H]1C[C@H](C)CCC=C[C@@H]2C[C@@]2(C(=O)NS(=O)(=O)C2CC2)NC(=O)[C@@H]2C[C@@H](Oc3ncc(OC)c4ccc(F)cc34)CN2C(=O)[C@H]1N.Cl. The summed E-state index contributed by atoms with van der Waals surface area (Å²) >= 11 is 0. The summed E-state index contributed by atoms with van der Waals surface area (Å²) in [6.45, 7) is 4.11. The molecule has 3 fully saturated rings. The Morgan fingerprint density at radius 2 is 1.96 bits per heavy atom. The number of pyridine rings is 1. The van der Waals surface area contributed by atoms with Gasteiger partial charge in [0, 0.05) is 17.7 Å². The van der Waals surface area contributed by atoms with E-state index in [0.29, 0.717) is 35.8 Å². The molecular formula is C34H45ClFN5O7S. The Bertz CT molecular complexity index is 1740. The van der Waals surface area contributed by atoms with Gasteiger partial charge in [-0.1, -0.05) is 32.4 Å².